The summed E-state index contributed by atoms with van der Waals surface area (Å²) in [4.78, 5) is 25.0. The van der Waals surface area contributed by atoms with Gasteiger partial charge in [0.1, 0.15) is 5.75 Å². The van der Waals surface area contributed by atoms with Crippen molar-refractivity contribution in [1.82, 2.24) is 4.90 Å². The number of ether oxygens (including phenoxy) is 1. The molecule has 2 atom stereocenters. The van der Waals surface area contributed by atoms with Gasteiger partial charge in [-0.15, -0.1) is 0 Å². The van der Waals surface area contributed by atoms with Gasteiger partial charge in [-0.2, -0.15) is 0 Å². The molecule has 1 aliphatic heterocycles. The predicted molar refractivity (Wildman–Crippen MR) is 82.9 cm³/mol. The smallest absolute Gasteiger partial charge is 0.306 e. The zero-order chi connectivity index (χ0) is 16.3. The molecule has 2 rings (SSSR count). The summed E-state index contributed by atoms with van der Waals surface area (Å²) in [7, 11) is 0. The Bertz CT molecular complexity index is 570. The molecule has 1 amide bonds. The Labute approximate surface area is 130 Å². The van der Waals surface area contributed by atoms with Crippen molar-refractivity contribution in [3.05, 3.63) is 29.3 Å². The number of carbonyl (C=O) groups is 2. The second kappa shape index (κ2) is 6.81. The zero-order valence-electron chi connectivity index (χ0n) is 13.3. The minimum Gasteiger partial charge on any atom is -0.483 e. The Balaban J connectivity index is 1.91. The number of rotatable bonds is 4. The van der Waals surface area contributed by atoms with E-state index < -0.39 is 5.97 Å². The van der Waals surface area contributed by atoms with Crippen LogP contribution < -0.4 is 4.74 Å². The molecular weight excluding hydrogens is 282 g/mol. The molecule has 5 nitrogen and oxygen atoms in total. The summed E-state index contributed by atoms with van der Waals surface area (Å²) in [6, 6.07) is 5.89. The van der Waals surface area contributed by atoms with Crippen LogP contribution in [0.3, 0.4) is 0 Å². The number of likely N-dealkylation sites (tertiary alicyclic amines) is 1. The number of hydrogen-bond acceptors (Lipinski definition) is 3. The summed E-state index contributed by atoms with van der Waals surface area (Å²) >= 11 is 0. The number of nitrogens with zero attached hydrogens (tertiary/aromatic N) is 1. The van der Waals surface area contributed by atoms with Gasteiger partial charge in [0.05, 0.1) is 5.92 Å². The van der Waals surface area contributed by atoms with E-state index in [1.807, 2.05) is 39.0 Å². The van der Waals surface area contributed by atoms with Crippen molar-refractivity contribution < 1.29 is 19.4 Å². The number of piperidine rings is 1. The van der Waals surface area contributed by atoms with Gasteiger partial charge in [0.25, 0.3) is 5.91 Å². The van der Waals surface area contributed by atoms with Crippen LogP contribution in [-0.2, 0) is 9.59 Å². The van der Waals surface area contributed by atoms with Gasteiger partial charge in [-0.1, -0.05) is 19.1 Å². The summed E-state index contributed by atoms with van der Waals surface area (Å²) in [5.74, 6) is -0.524. The molecule has 120 valence electrons. The fourth-order valence-electron chi connectivity index (χ4n) is 2.83. The minimum atomic E-state index is -0.772. The summed E-state index contributed by atoms with van der Waals surface area (Å²) < 4.78 is 5.63. The first-order valence-electron chi connectivity index (χ1n) is 7.59. The van der Waals surface area contributed by atoms with Gasteiger partial charge in [-0.05, 0) is 43.4 Å². The van der Waals surface area contributed by atoms with Crippen molar-refractivity contribution in [3.63, 3.8) is 0 Å². The largest absolute Gasteiger partial charge is 0.483 e. The Morgan fingerprint density at radius 3 is 2.73 bits per heavy atom. The van der Waals surface area contributed by atoms with Gasteiger partial charge in [-0.3, -0.25) is 9.59 Å². The third-order valence-electron chi connectivity index (χ3n) is 4.27. The van der Waals surface area contributed by atoms with Crippen LogP contribution >= 0.6 is 0 Å². The highest BCUT2D eigenvalue weighted by Crippen LogP contribution is 2.24. The van der Waals surface area contributed by atoms with Crippen molar-refractivity contribution in [1.29, 1.82) is 0 Å². The Hall–Kier alpha value is -2.04. The number of hydrogen-bond donors (Lipinski definition) is 1. The Morgan fingerprint density at radius 2 is 2.09 bits per heavy atom. The normalized spacial score (nSPS) is 21.5. The average Bonchev–Trinajstić information content (AvgIpc) is 2.47. The SMILES string of the molecule is Cc1ccc(C)c(OCC(=O)N2CCC(C(=O)O)C(C)C2)c1. The molecular formula is C17H23NO4. The third-order valence-corrected chi connectivity index (χ3v) is 4.27. The summed E-state index contributed by atoms with van der Waals surface area (Å²) in [5, 5.41) is 9.11. The lowest BCUT2D eigenvalue weighted by Gasteiger charge is -2.34. The van der Waals surface area contributed by atoms with E-state index >= 15 is 0 Å². The molecule has 1 aromatic rings. The van der Waals surface area contributed by atoms with Crippen LogP contribution in [0, 0.1) is 25.7 Å². The Morgan fingerprint density at radius 1 is 1.36 bits per heavy atom. The monoisotopic (exact) mass is 305 g/mol. The van der Waals surface area contributed by atoms with Crippen LogP contribution in [0.5, 0.6) is 5.75 Å². The number of aryl methyl sites for hydroxylation is 2. The van der Waals surface area contributed by atoms with Crippen molar-refractivity contribution >= 4 is 11.9 Å². The molecule has 1 fully saturated rings. The molecule has 0 aliphatic carbocycles. The third kappa shape index (κ3) is 3.78. The molecule has 0 saturated carbocycles. The molecule has 2 unspecified atom stereocenters. The van der Waals surface area contributed by atoms with Crippen LogP contribution in [0.2, 0.25) is 0 Å². The quantitative estimate of drug-likeness (QED) is 0.926. The number of carboxylic acid groups (broad SMARTS) is 1. The molecule has 0 spiro atoms. The molecule has 0 bridgehead atoms. The molecule has 0 aromatic heterocycles. The molecule has 1 heterocycles. The van der Waals surface area contributed by atoms with Gasteiger partial charge in [0.2, 0.25) is 0 Å². The molecule has 1 saturated heterocycles. The first-order valence-corrected chi connectivity index (χ1v) is 7.59. The lowest BCUT2D eigenvalue weighted by Crippen LogP contribution is -2.46. The van der Waals surface area contributed by atoms with E-state index in [2.05, 4.69) is 0 Å². The summed E-state index contributed by atoms with van der Waals surface area (Å²) in [6.07, 6.45) is 0.506. The molecule has 1 N–H and O–H groups in total. The lowest BCUT2D eigenvalue weighted by molar-refractivity contribution is -0.148. The van der Waals surface area contributed by atoms with Crippen molar-refractivity contribution in [2.45, 2.75) is 27.2 Å². The Kier molecular flexibility index (Phi) is 5.06. The first kappa shape index (κ1) is 16.3. The van der Waals surface area contributed by atoms with E-state index in [1.54, 1.807) is 4.90 Å². The maximum absolute atomic E-state index is 12.2. The highest BCUT2D eigenvalue weighted by molar-refractivity contribution is 5.78. The molecule has 5 heteroatoms. The summed E-state index contributed by atoms with van der Waals surface area (Å²) in [5.41, 5.74) is 2.08. The van der Waals surface area contributed by atoms with Crippen LogP contribution in [0.1, 0.15) is 24.5 Å². The number of carbonyl (C=O) groups excluding carboxylic acids is 1. The van der Waals surface area contributed by atoms with Crippen LogP contribution in [-0.4, -0.2) is 41.6 Å². The molecule has 1 aromatic carbocycles. The summed E-state index contributed by atoms with van der Waals surface area (Å²) in [6.45, 7) is 6.76. The van der Waals surface area contributed by atoms with Crippen LogP contribution in [0.4, 0.5) is 0 Å². The van der Waals surface area contributed by atoms with Crippen LogP contribution in [0.15, 0.2) is 18.2 Å². The van der Waals surface area contributed by atoms with Crippen molar-refractivity contribution in [3.8, 4) is 5.75 Å². The number of amides is 1. The van der Waals surface area contributed by atoms with Gasteiger partial charge < -0.3 is 14.7 Å². The lowest BCUT2D eigenvalue weighted by atomic mass is 9.87. The fraction of sp³-hybridized carbons (Fsp3) is 0.529. The number of carboxylic acids is 1. The van der Waals surface area contributed by atoms with Gasteiger partial charge >= 0.3 is 5.97 Å². The molecule has 22 heavy (non-hydrogen) atoms. The number of aliphatic carboxylic acids is 1. The minimum absolute atomic E-state index is 0.00521. The van der Waals surface area contributed by atoms with E-state index in [9.17, 15) is 9.59 Å². The van der Waals surface area contributed by atoms with E-state index in [4.69, 9.17) is 9.84 Å². The highest BCUT2D eigenvalue weighted by Gasteiger charge is 2.32. The van der Waals surface area contributed by atoms with E-state index in [0.717, 1.165) is 16.9 Å². The second-order valence-electron chi connectivity index (χ2n) is 6.11. The predicted octanol–water partition coefficient (Wildman–Crippen LogP) is 2.25. The fourth-order valence-corrected chi connectivity index (χ4v) is 2.83. The van der Waals surface area contributed by atoms with Crippen molar-refractivity contribution in [2.24, 2.45) is 11.8 Å². The molecule has 0 radical (unpaired) electrons. The van der Waals surface area contributed by atoms with E-state index in [-0.39, 0.29) is 24.3 Å². The first-order chi connectivity index (χ1) is 10.4. The van der Waals surface area contributed by atoms with Gasteiger partial charge in [0.15, 0.2) is 6.61 Å². The molecule has 1 aliphatic rings. The van der Waals surface area contributed by atoms with Crippen LogP contribution in [0.25, 0.3) is 0 Å². The topological polar surface area (TPSA) is 66.8 Å². The number of benzene rings is 1. The highest BCUT2D eigenvalue weighted by atomic mass is 16.5. The standard InChI is InChI=1S/C17H23NO4/c1-11-4-5-12(2)15(8-11)22-10-16(19)18-7-6-14(17(20)21)13(3)9-18/h4-5,8,13-14H,6-7,9-10H2,1-3H3,(H,20,21). The van der Waals surface area contributed by atoms with Crippen molar-refractivity contribution in [2.75, 3.05) is 19.7 Å². The maximum Gasteiger partial charge on any atom is 0.306 e. The second-order valence-corrected chi connectivity index (χ2v) is 6.11. The average molecular weight is 305 g/mol. The van der Waals surface area contributed by atoms with E-state index in [0.29, 0.717) is 19.5 Å². The van der Waals surface area contributed by atoms with Gasteiger partial charge in [-0.25, -0.2) is 0 Å². The van der Waals surface area contributed by atoms with E-state index in [1.165, 1.54) is 0 Å². The maximum atomic E-state index is 12.2. The zero-order valence-corrected chi connectivity index (χ0v) is 13.3. The van der Waals surface area contributed by atoms with Gasteiger partial charge in [0, 0.05) is 13.1 Å².